The third-order valence-electron chi connectivity index (χ3n) is 1.97. The van der Waals surface area contributed by atoms with Crippen molar-refractivity contribution in [1.29, 1.82) is 0 Å². The van der Waals surface area contributed by atoms with Crippen molar-refractivity contribution < 1.29 is 18.4 Å². The molecule has 78 valence electrons. The molecule has 15 heavy (non-hydrogen) atoms. The first-order valence-electron chi connectivity index (χ1n) is 4.28. The minimum Gasteiger partial charge on any atom is -0.469 e. The van der Waals surface area contributed by atoms with Gasteiger partial charge in [-0.25, -0.2) is 0 Å². The molecule has 2 rings (SSSR count). The number of esters is 1. The maximum Gasteiger partial charge on any atom is 0.363 e. The fraction of sp³-hybridized carbons (Fsp3) is 0.200. The van der Waals surface area contributed by atoms with Gasteiger partial charge in [0.25, 0.3) is 0 Å². The molecule has 0 bridgehead atoms. The standard InChI is InChI=1S/C10H8O4S/c1-12-9(11)5-6-2-3-7-8(4-6)14-10(15)13-7/h2-4H,5H2,1H3. The van der Waals surface area contributed by atoms with Crippen LogP contribution in [0.25, 0.3) is 11.2 Å². The van der Waals surface area contributed by atoms with Gasteiger partial charge in [0, 0.05) is 12.2 Å². The number of carbonyl (C=O) groups excluding carboxylic acids is 1. The Labute approximate surface area is 90.4 Å². The van der Waals surface area contributed by atoms with Crippen molar-refractivity contribution in [2.75, 3.05) is 7.11 Å². The van der Waals surface area contributed by atoms with Gasteiger partial charge in [0.1, 0.15) is 0 Å². The summed E-state index contributed by atoms with van der Waals surface area (Å²) in [5.74, 6) is -0.295. The number of fused-ring (bicyclic) bond motifs is 1. The minimum atomic E-state index is -0.295. The highest BCUT2D eigenvalue weighted by atomic mass is 32.1. The molecule has 0 atom stereocenters. The molecule has 1 heterocycles. The van der Waals surface area contributed by atoms with Crippen molar-refractivity contribution in [2.24, 2.45) is 0 Å². The zero-order valence-electron chi connectivity index (χ0n) is 7.98. The van der Waals surface area contributed by atoms with Crippen molar-refractivity contribution in [3.05, 3.63) is 28.7 Å². The largest absolute Gasteiger partial charge is 0.469 e. The van der Waals surface area contributed by atoms with Crippen molar-refractivity contribution >= 4 is 29.4 Å². The first kappa shape index (κ1) is 9.92. The first-order valence-corrected chi connectivity index (χ1v) is 4.69. The highest BCUT2D eigenvalue weighted by molar-refractivity contribution is 7.71. The van der Waals surface area contributed by atoms with E-state index in [1.54, 1.807) is 18.2 Å². The van der Waals surface area contributed by atoms with Crippen molar-refractivity contribution in [3.8, 4) is 0 Å². The van der Waals surface area contributed by atoms with Crippen LogP contribution in [0, 0.1) is 4.90 Å². The van der Waals surface area contributed by atoms with Gasteiger partial charge >= 0.3 is 10.9 Å². The van der Waals surface area contributed by atoms with Crippen LogP contribution < -0.4 is 0 Å². The summed E-state index contributed by atoms with van der Waals surface area (Å²) in [5.41, 5.74) is 1.92. The molecule has 0 aliphatic carbocycles. The lowest BCUT2D eigenvalue weighted by Gasteiger charge is -1.98. The molecule has 0 fully saturated rings. The molecule has 1 aromatic heterocycles. The third-order valence-corrected chi connectivity index (χ3v) is 2.14. The predicted octanol–water partition coefficient (Wildman–Crippen LogP) is 2.47. The van der Waals surface area contributed by atoms with E-state index in [0.29, 0.717) is 11.2 Å². The molecule has 0 aliphatic rings. The predicted molar refractivity (Wildman–Crippen MR) is 55.0 cm³/mol. The van der Waals surface area contributed by atoms with E-state index in [9.17, 15) is 4.79 Å². The SMILES string of the molecule is COC(=O)Cc1ccc2oc(=S)oc2c1. The van der Waals surface area contributed by atoms with E-state index in [1.807, 2.05) is 0 Å². The van der Waals surface area contributed by atoms with Crippen LogP contribution in [0.15, 0.2) is 27.0 Å². The summed E-state index contributed by atoms with van der Waals surface area (Å²) in [5, 5.41) is 0. The van der Waals surface area contributed by atoms with Crippen LogP contribution >= 0.6 is 12.2 Å². The topological polar surface area (TPSA) is 52.6 Å². The molecule has 0 saturated carbocycles. The molecule has 0 saturated heterocycles. The van der Waals surface area contributed by atoms with E-state index < -0.39 is 0 Å². The second-order valence-corrected chi connectivity index (χ2v) is 3.32. The summed E-state index contributed by atoms with van der Waals surface area (Å²) in [6.45, 7) is 0. The van der Waals surface area contributed by atoms with Crippen LogP contribution in [-0.2, 0) is 16.0 Å². The van der Waals surface area contributed by atoms with Crippen LogP contribution in [0.2, 0.25) is 0 Å². The summed E-state index contributed by atoms with van der Waals surface area (Å²) < 4.78 is 14.8. The molecule has 0 spiro atoms. The number of carbonyl (C=O) groups is 1. The summed E-state index contributed by atoms with van der Waals surface area (Å²) in [6.07, 6.45) is 0.208. The quantitative estimate of drug-likeness (QED) is 0.579. The van der Waals surface area contributed by atoms with E-state index in [-0.39, 0.29) is 17.3 Å². The van der Waals surface area contributed by atoms with Crippen molar-refractivity contribution in [1.82, 2.24) is 0 Å². The molecular formula is C10H8O4S. The smallest absolute Gasteiger partial charge is 0.363 e. The molecule has 4 nitrogen and oxygen atoms in total. The van der Waals surface area contributed by atoms with E-state index in [0.717, 1.165) is 5.56 Å². The van der Waals surface area contributed by atoms with Gasteiger partial charge in [-0.1, -0.05) is 6.07 Å². The summed E-state index contributed by atoms with van der Waals surface area (Å²) in [6, 6.07) is 5.20. The summed E-state index contributed by atoms with van der Waals surface area (Å²) in [7, 11) is 1.35. The second-order valence-electron chi connectivity index (χ2n) is 2.99. The number of ether oxygens (including phenoxy) is 1. The van der Waals surface area contributed by atoms with Crippen LogP contribution in [0.1, 0.15) is 5.56 Å². The Balaban J connectivity index is 2.38. The Morgan fingerprint density at radius 1 is 1.40 bits per heavy atom. The van der Waals surface area contributed by atoms with Crippen LogP contribution in [0.5, 0.6) is 0 Å². The molecule has 0 radical (unpaired) electrons. The summed E-state index contributed by atoms with van der Waals surface area (Å²) >= 11 is 4.74. The molecule has 1 aromatic carbocycles. The molecule has 2 aromatic rings. The molecule has 5 heteroatoms. The molecule has 0 aliphatic heterocycles. The first-order chi connectivity index (χ1) is 7.19. The number of methoxy groups -OCH3 is 1. The van der Waals surface area contributed by atoms with E-state index in [4.69, 9.17) is 21.1 Å². The van der Waals surface area contributed by atoms with Gasteiger partial charge in [-0.15, -0.1) is 0 Å². The normalized spacial score (nSPS) is 10.5. The van der Waals surface area contributed by atoms with Crippen LogP contribution in [0.4, 0.5) is 0 Å². The van der Waals surface area contributed by atoms with Gasteiger partial charge < -0.3 is 13.6 Å². The lowest BCUT2D eigenvalue weighted by molar-refractivity contribution is -0.139. The Morgan fingerprint density at radius 2 is 2.13 bits per heavy atom. The number of hydrogen-bond donors (Lipinski definition) is 0. The monoisotopic (exact) mass is 224 g/mol. The average Bonchev–Trinajstić information content (AvgIpc) is 2.57. The third kappa shape index (κ3) is 2.07. The Bertz CT molecular complexity index is 552. The van der Waals surface area contributed by atoms with E-state index in [2.05, 4.69) is 4.74 Å². The lowest BCUT2D eigenvalue weighted by Crippen LogP contribution is -2.03. The Kier molecular flexibility index (Phi) is 2.55. The molecule has 0 N–H and O–H groups in total. The number of rotatable bonds is 2. The fourth-order valence-corrected chi connectivity index (χ4v) is 1.45. The minimum absolute atomic E-state index is 0.0835. The van der Waals surface area contributed by atoms with E-state index in [1.165, 1.54) is 7.11 Å². The zero-order valence-corrected chi connectivity index (χ0v) is 8.80. The van der Waals surface area contributed by atoms with Gasteiger partial charge in [0.2, 0.25) is 0 Å². The molecule has 0 unspecified atom stereocenters. The Hall–Kier alpha value is -1.62. The van der Waals surface area contributed by atoms with Crippen molar-refractivity contribution in [2.45, 2.75) is 6.42 Å². The fourth-order valence-electron chi connectivity index (χ4n) is 1.27. The number of hydrogen-bond acceptors (Lipinski definition) is 5. The molecular weight excluding hydrogens is 216 g/mol. The number of benzene rings is 1. The second kappa shape index (κ2) is 3.86. The maximum atomic E-state index is 11.0. The van der Waals surface area contributed by atoms with Crippen LogP contribution in [-0.4, -0.2) is 13.1 Å². The van der Waals surface area contributed by atoms with Gasteiger partial charge in [0.15, 0.2) is 11.2 Å². The van der Waals surface area contributed by atoms with Crippen LogP contribution in [0.3, 0.4) is 0 Å². The average molecular weight is 224 g/mol. The Morgan fingerprint density at radius 3 is 2.87 bits per heavy atom. The summed E-state index contributed by atoms with van der Waals surface area (Å²) in [4.78, 5) is 11.1. The highest BCUT2D eigenvalue weighted by Crippen LogP contribution is 2.18. The van der Waals surface area contributed by atoms with Gasteiger partial charge in [-0.05, 0) is 17.7 Å². The lowest BCUT2D eigenvalue weighted by atomic mass is 10.1. The zero-order chi connectivity index (χ0) is 10.8. The molecule has 0 amide bonds. The van der Waals surface area contributed by atoms with Gasteiger partial charge in [0.05, 0.1) is 13.5 Å². The van der Waals surface area contributed by atoms with Gasteiger partial charge in [-0.3, -0.25) is 4.79 Å². The van der Waals surface area contributed by atoms with Gasteiger partial charge in [-0.2, -0.15) is 0 Å². The maximum absolute atomic E-state index is 11.0. The van der Waals surface area contributed by atoms with Crippen molar-refractivity contribution in [3.63, 3.8) is 0 Å². The highest BCUT2D eigenvalue weighted by Gasteiger charge is 2.06. The van der Waals surface area contributed by atoms with E-state index >= 15 is 0 Å².